The van der Waals surface area contributed by atoms with Crippen molar-refractivity contribution < 1.29 is 13.2 Å². The lowest BCUT2D eigenvalue weighted by atomic mass is 10.1. The van der Waals surface area contributed by atoms with Crippen LogP contribution in [0.15, 0.2) is 30.3 Å². The number of aromatic nitrogens is 2. The fourth-order valence-corrected chi connectivity index (χ4v) is 3.48. The van der Waals surface area contributed by atoms with Crippen LogP contribution in [0.4, 0.5) is 5.82 Å². The van der Waals surface area contributed by atoms with E-state index in [9.17, 15) is 13.2 Å². The zero-order chi connectivity index (χ0) is 19.3. The van der Waals surface area contributed by atoms with Gasteiger partial charge in [0.1, 0.15) is 17.3 Å². The van der Waals surface area contributed by atoms with E-state index in [4.69, 9.17) is 0 Å². The summed E-state index contributed by atoms with van der Waals surface area (Å²) >= 11 is 0. The average Bonchev–Trinajstić information content (AvgIpc) is 2.68. The van der Waals surface area contributed by atoms with Crippen molar-refractivity contribution in [1.29, 1.82) is 0 Å². The van der Waals surface area contributed by atoms with Gasteiger partial charge in [-0.15, -0.1) is 0 Å². The molecule has 8 nitrogen and oxygen atoms in total. The van der Waals surface area contributed by atoms with Gasteiger partial charge in [-0.1, -0.05) is 30.3 Å². The van der Waals surface area contributed by atoms with Gasteiger partial charge in [-0.2, -0.15) is 0 Å². The quantitative estimate of drug-likeness (QED) is 0.606. The van der Waals surface area contributed by atoms with Gasteiger partial charge in [-0.25, -0.2) is 23.1 Å². The van der Waals surface area contributed by atoms with Crippen LogP contribution in [0.25, 0.3) is 0 Å². The van der Waals surface area contributed by atoms with E-state index >= 15 is 0 Å². The van der Waals surface area contributed by atoms with E-state index in [0.717, 1.165) is 17.5 Å². The Kier molecular flexibility index (Phi) is 6.02. The summed E-state index contributed by atoms with van der Waals surface area (Å²) in [6.45, 7) is 0.717. The number of carbonyl (C=O) groups is 1. The van der Waals surface area contributed by atoms with Crippen LogP contribution in [-0.2, 0) is 29.3 Å². The van der Waals surface area contributed by atoms with Crippen molar-refractivity contribution in [3.63, 3.8) is 0 Å². The Labute approximate surface area is 158 Å². The number of hydrogen-bond donors (Lipinski definition) is 3. The molecule has 1 amide bonds. The first-order chi connectivity index (χ1) is 13.0. The smallest absolute Gasteiger partial charge is 0.270 e. The maximum absolute atomic E-state index is 12.2. The minimum absolute atomic E-state index is 0.0756. The van der Waals surface area contributed by atoms with Crippen molar-refractivity contribution >= 4 is 21.7 Å². The fourth-order valence-electron chi connectivity index (χ4n) is 2.90. The first-order valence-electron chi connectivity index (χ1n) is 8.85. The molecule has 1 aliphatic rings. The van der Waals surface area contributed by atoms with Crippen molar-refractivity contribution in [2.45, 2.75) is 19.3 Å². The van der Waals surface area contributed by atoms with Gasteiger partial charge in [0.15, 0.2) is 0 Å². The first kappa shape index (κ1) is 19.2. The Morgan fingerprint density at radius 3 is 2.67 bits per heavy atom. The SMILES string of the molecule is CNS(=O)(=O)CCNc1nc(CCc2ccccc2)nc2c1CCNC2=O. The molecule has 2 heterocycles. The summed E-state index contributed by atoms with van der Waals surface area (Å²) in [5.74, 6) is 0.816. The third kappa shape index (κ3) is 5.01. The minimum Gasteiger partial charge on any atom is -0.369 e. The van der Waals surface area contributed by atoms with Crippen LogP contribution in [0.2, 0.25) is 0 Å². The number of carbonyl (C=O) groups excluding carboxylic acids is 1. The molecule has 0 atom stereocenters. The van der Waals surface area contributed by atoms with Crippen LogP contribution in [0, 0.1) is 0 Å². The van der Waals surface area contributed by atoms with Gasteiger partial charge >= 0.3 is 0 Å². The van der Waals surface area contributed by atoms with E-state index in [0.29, 0.717) is 36.7 Å². The summed E-state index contributed by atoms with van der Waals surface area (Å²) in [6, 6.07) is 9.99. The summed E-state index contributed by atoms with van der Waals surface area (Å²) in [5.41, 5.74) is 2.28. The Morgan fingerprint density at radius 1 is 1.15 bits per heavy atom. The average molecular weight is 389 g/mol. The molecule has 9 heteroatoms. The highest BCUT2D eigenvalue weighted by Gasteiger charge is 2.23. The van der Waals surface area contributed by atoms with E-state index in [2.05, 4.69) is 25.3 Å². The molecule has 1 aromatic heterocycles. The second-order valence-electron chi connectivity index (χ2n) is 6.26. The zero-order valence-corrected chi connectivity index (χ0v) is 16.0. The van der Waals surface area contributed by atoms with Crippen LogP contribution >= 0.6 is 0 Å². The highest BCUT2D eigenvalue weighted by Crippen LogP contribution is 2.21. The molecule has 0 aliphatic carbocycles. The predicted molar refractivity (Wildman–Crippen MR) is 103 cm³/mol. The molecule has 0 saturated carbocycles. The molecule has 3 N–H and O–H groups in total. The third-order valence-corrected chi connectivity index (χ3v) is 5.75. The van der Waals surface area contributed by atoms with Gasteiger partial charge in [-0.3, -0.25) is 4.79 Å². The molecule has 144 valence electrons. The van der Waals surface area contributed by atoms with Crippen molar-refractivity contribution in [1.82, 2.24) is 20.0 Å². The normalized spacial score (nSPS) is 13.7. The standard InChI is InChI=1S/C18H23N5O3S/c1-19-27(25,26)12-11-20-17-14-9-10-21-18(24)16(14)22-15(23-17)8-7-13-5-3-2-4-6-13/h2-6,19H,7-12H2,1H3,(H,21,24)(H,20,22,23). The fraction of sp³-hybridized carbons (Fsp3) is 0.389. The second kappa shape index (κ2) is 8.45. The van der Waals surface area contributed by atoms with E-state index < -0.39 is 10.0 Å². The maximum Gasteiger partial charge on any atom is 0.270 e. The van der Waals surface area contributed by atoms with Crippen molar-refractivity contribution in [3.05, 3.63) is 53.0 Å². The third-order valence-electron chi connectivity index (χ3n) is 4.38. The lowest BCUT2D eigenvalue weighted by Crippen LogP contribution is -2.34. The number of fused-ring (bicyclic) bond motifs is 1. The number of anilines is 1. The zero-order valence-electron chi connectivity index (χ0n) is 15.2. The van der Waals surface area contributed by atoms with Gasteiger partial charge in [0.05, 0.1) is 5.75 Å². The van der Waals surface area contributed by atoms with Crippen LogP contribution < -0.4 is 15.4 Å². The number of sulfonamides is 1. The molecule has 0 unspecified atom stereocenters. The number of amides is 1. The molecule has 1 aliphatic heterocycles. The molecule has 2 aromatic rings. The van der Waals surface area contributed by atoms with E-state index in [1.807, 2.05) is 30.3 Å². The molecular weight excluding hydrogens is 366 g/mol. The molecule has 0 saturated heterocycles. The number of benzene rings is 1. The molecule has 0 bridgehead atoms. The van der Waals surface area contributed by atoms with Gasteiger partial charge in [0, 0.05) is 25.1 Å². The Bertz CT molecular complexity index is 916. The van der Waals surface area contributed by atoms with Crippen LogP contribution in [0.1, 0.15) is 27.4 Å². The van der Waals surface area contributed by atoms with E-state index in [-0.39, 0.29) is 18.2 Å². The molecule has 27 heavy (non-hydrogen) atoms. The highest BCUT2D eigenvalue weighted by atomic mass is 32.2. The minimum atomic E-state index is -3.31. The summed E-state index contributed by atoms with van der Waals surface area (Å²) in [5, 5.41) is 5.87. The Balaban J connectivity index is 1.80. The van der Waals surface area contributed by atoms with Gasteiger partial charge in [-0.05, 0) is 25.5 Å². The number of hydrogen-bond acceptors (Lipinski definition) is 6. The molecule has 0 spiro atoms. The number of nitrogens with zero attached hydrogens (tertiary/aromatic N) is 2. The van der Waals surface area contributed by atoms with E-state index in [1.165, 1.54) is 7.05 Å². The Hall–Kier alpha value is -2.52. The van der Waals surface area contributed by atoms with Crippen molar-refractivity contribution in [3.8, 4) is 0 Å². The van der Waals surface area contributed by atoms with Gasteiger partial charge in [0.2, 0.25) is 10.0 Å². The van der Waals surface area contributed by atoms with Crippen molar-refractivity contribution in [2.24, 2.45) is 0 Å². The summed E-state index contributed by atoms with van der Waals surface area (Å²) in [6.07, 6.45) is 1.96. The highest BCUT2D eigenvalue weighted by molar-refractivity contribution is 7.89. The summed E-state index contributed by atoms with van der Waals surface area (Å²) in [7, 11) is -1.93. The molecule has 0 fully saturated rings. The van der Waals surface area contributed by atoms with E-state index in [1.54, 1.807) is 0 Å². The topological polar surface area (TPSA) is 113 Å². The predicted octanol–water partition coefficient (Wildman–Crippen LogP) is 0.509. The largest absolute Gasteiger partial charge is 0.369 e. The second-order valence-corrected chi connectivity index (χ2v) is 8.30. The summed E-state index contributed by atoms with van der Waals surface area (Å²) < 4.78 is 25.5. The van der Waals surface area contributed by atoms with Crippen LogP contribution in [0.5, 0.6) is 0 Å². The molecule has 1 aromatic carbocycles. The van der Waals surface area contributed by atoms with Crippen LogP contribution in [0.3, 0.4) is 0 Å². The molecule has 3 rings (SSSR count). The number of rotatable bonds is 8. The lowest BCUT2D eigenvalue weighted by Gasteiger charge is -2.20. The molecular formula is C18H23N5O3S. The van der Waals surface area contributed by atoms with Gasteiger partial charge in [0.25, 0.3) is 5.91 Å². The number of aryl methyl sites for hydroxylation is 2. The number of nitrogens with one attached hydrogen (secondary N) is 3. The van der Waals surface area contributed by atoms with Crippen molar-refractivity contribution in [2.75, 3.05) is 31.2 Å². The van der Waals surface area contributed by atoms with Crippen LogP contribution in [-0.4, -0.2) is 50.2 Å². The Morgan fingerprint density at radius 2 is 1.93 bits per heavy atom. The summed E-state index contributed by atoms with van der Waals surface area (Å²) in [4.78, 5) is 21.2. The first-order valence-corrected chi connectivity index (χ1v) is 10.5. The van der Waals surface area contributed by atoms with Gasteiger partial charge < -0.3 is 10.6 Å². The molecule has 0 radical (unpaired) electrons. The maximum atomic E-state index is 12.2. The monoisotopic (exact) mass is 389 g/mol. The lowest BCUT2D eigenvalue weighted by molar-refractivity contribution is 0.0940.